The zero-order chi connectivity index (χ0) is 14.9. The van der Waals surface area contributed by atoms with Crippen molar-refractivity contribution < 1.29 is 9.84 Å². The Hall–Kier alpha value is -1.81. The second-order valence-corrected chi connectivity index (χ2v) is 6.04. The number of aromatic nitrogens is 2. The van der Waals surface area contributed by atoms with E-state index in [1.165, 1.54) is 0 Å². The number of rotatable bonds is 3. The lowest BCUT2D eigenvalue weighted by atomic mass is 9.87. The van der Waals surface area contributed by atoms with Gasteiger partial charge in [0.1, 0.15) is 11.9 Å². The third-order valence-corrected chi connectivity index (χ3v) is 3.27. The Balaban J connectivity index is 2.45. The maximum absolute atomic E-state index is 10.7. The fraction of sp³-hybridized carbons (Fsp3) is 0.438. The second kappa shape index (κ2) is 5.29. The van der Waals surface area contributed by atoms with Crippen molar-refractivity contribution in [2.24, 2.45) is 7.05 Å². The molecule has 1 atom stereocenters. The molecule has 1 aromatic carbocycles. The molecule has 0 saturated carbocycles. The fourth-order valence-corrected chi connectivity index (χ4v) is 2.28. The first-order valence-electron chi connectivity index (χ1n) is 6.69. The number of hydrogen-bond donors (Lipinski definition) is 1. The van der Waals surface area contributed by atoms with Crippen LogP contribution < -0.4 is 4.74 Å². The van der Waals surface area contributed by atoms with Crippen molar-refractivity contribution in [3.05, 3.63) is 47.3 Å². The average molecular weight is 274 g/mol. The van der Waals surface area contributed by atoms with E-state index in [9.17, 15) is 5.11 Å². The zero-order valence-corrected chi connectivity index (χ0v) is 12.7. The highest BCUT2D eigenvalue weighted by Gasteiger charge is 2.26. The van der Waals surface area contributed by atoms with Crippen LogP contribution in [0.2, 0.25) is 0 Å². The molecular formula is C16H22N2O2. The molecule has 4 nitrogen and oxygen atoms in total. The van der Waals surface area contributed by atoms with Crippen LogP contribution in [0.3, 0.4) is 0 Å². The van der Waals surface area contributed by atoms with E-state index in [-0.39, 0.29) is 5.41 Å². The lowest BCUT2D eigenvalue weighted by Gasteiger charge is -2.20. The Kier molecular flexibility index (Phi) is 3.86. The van der Waals surface area contributed by atoms with Crippen molar-refractivity contribution in [2.45, 2.75) is 32.3 Å². The summed E-state index contributed by atoms with van der Waals surface area (Å²) in [5.74, 6) is 0.739. The maximum atomic E-state index is 10.7. The Morgan fingerprint density at radius 3 is 2.60 bits per heavy atom. The topological polar surface area (TPSA) is 47.3 Å². The van der Waals surface area contributed by atoms with Gasteiger partial charge in [0.2, 0.25) is 0 Å². The molecule has 2 aromatic rings. The van der Waals surface area contributed by atoms with Gasteiger partial charge >= 0.3 is 0 Å². The highest BCUT2D eigenvalue weighted by Crippen LogP contribution is 2.32. The summed E-state index contributed by atoms with van der Waals surface area (Å²) < 4.78 is 6.96. The van der Waals surface area contributed by atoms with Gasteiger partial charge in [0.15, 0.2) is 0 Å². The molecule has 0 aliphatic rings. The molecule has 108 valence electrons. The summed E-state index contributed by atoms with van der Waals surface area (Å²) in [5.41, 5.74) is 2.45. The predicted molar refractivity (Wildman–Crippen MR) is 79.0 cm³/mol. The molecule has 1 unspecified atom stereocenters. The van der Waals surface area contributed by atoms with E-state index in [0.29, 0.717) is 0 Å². The van der Waals surface area contributed by atoms with Crippen LogP contribution >= 0.6 is 0 Å². The molecule has 4 heteroatoms. The van der Waals surface area contributed by atoms with Crippen LogP contribution in [0.1, 0.15) is 43.7 Å². The minimum Gasteiger partial charge on any atom is -0.497 e. The van der Waals surface area contributed by atoms with Gasteiger partial charge in [-0.15, -0.1) is 0 Å². The molecule has 0 spiro atoms. The number of methoxy groups -OCH3 is 1. The number of aliphatic hydroxyl groups excluding tert-OH is 1. The molecule has 0 bridgehead atoms. The van der Waals surface area contributed by atoms with Crippen molar-refractivity contribution in [1.82, 2.24) is 9.78 Å². The predicted octanol–water partition coefficient (Wildman–Crippen LogP) is 2.81. The van der Waals surface area contributed by atoms with Crippen LogP contribution in [0.15, 0.2) is 30.5 Å². The summed E-state index contributed by atoms with van der Waals surface area (Å²) in [6, 6.07) is 7.49. The SMILES string of the molecule is COc1cccc(C(O)c2cn(C)nc2C(C)(C)C)c1. The average Bonchev–Trinajstić information content (AvgIpc) is 2.80. The largest absolute Gasteiger partial charge is 0.497 e. The molecular weight excluding hydrogens is 252 g/mol. The monoisotopic (exact) mass is 274 g/mol. The van der Waals surface area contributed by atoms with E-state index in [1.807, 2.05) is 37.5 Å². The lowest BCUT2D eigenvalue weighted by Crippen LogP contribution is -2.16. The van der Waals surface area contributed by atoms with E-state index in [1.54, 1.807) is 11.8 Å². The molecule has 0 aliphatic carbocycles. The first-order valence-corrected chi connectivity index (χ1v) is 6.69. The van der Waals surface area contributed by atoms with Crippen LogP contribution in [0.25, 0.3) is 0 Å². The number of aryl methyl sites for hydroxylation is 1. The summed E-state index contributed by atoms with van der Waals surface area (Å²) in [6.45, 7) is 6.28. The van der Waals surface area contributed by atoms with E-state index in [2.05, 4.69) is 25.9 Å². The minimum atomic E-state index is -0.701. The quantitative estimate of drug-likeness (QED) is 0.936. The molecule has 0 saturated heterocycles. The fourth-order valence-electron chi connectivity index (χ4n) is 2.28. The third-order valence-electron chi connectivity index (χ3n) is 3.27. The summed E-state index contributed by atoms with van der Waals surface area (Å²) in [4.78, 5) is 0. The minimum absolute atomic E-state index is 0.115. The zero-order valence-electron chi connectivity index (χ0n) is 12.7. The Bertz CT molecular complexity index is 597. The first-order chi connectivity index (χ1) is 9.32. The highest BCUT2D eigenvalue weighted by molar-refractivity contribution is 5.37. The Morgan fingerprint density at radius 2 is 2.00 bits per heavy atom. The standard InChI is InChI=1S/C16H22N2O2/c1-16(2,3)15-13(10-18(4)17-15)14(19)11-7-6-8-12(9-11)20-5/h6-10,14,19H,1-5H3. The summed E-state index contributed by atoms with van der Waals surface area (Å²) in [6.07, 6.45) is 1.18. The smallest absolute Gasteiger partial charge is 0.119 e. The maximum Gasteiger partial charge on any atom is 0.119 e. The molecule has 20 heavy (non-hydrogen) atoms. The molecule has 2 rings (SSSR count). The van der Waals surface area contributed by atoms with Gasteiger partial charge in [-0.3, -0.25) is 4.68 Å². The van der Waals surface area contributed by atoms with Crippen LogP contribution in [0, 0.1) is 0 Å². The molecule has 1 N–H and O–H groups in total. The number of ether oxygens (including phenoxy) is 1. The Morgan fingerprint density at radius 1 is 1.30 bits per heavy atom. The summed E-state index contributed by atoms with van der Waals surface area (Å²) in [5, 5.41) is 15.2. The van der Waals surface area contributed by atoms with Gasteiger partial charge in [-0.1, -0.05) is 32.9 Å². The van der Waals surface area contributed by atoms with Gasteiger partial charge < -0.3 is 9.84 Å². The molecule has 1 heterocycles. The molecule has 0 amide bonds. The van der Waals surface area contributed by atoms with Crippen molar-refractivity contribution in [3.63, 3.8) is 0 Å². The van der Waals surface area contributed by atoms with Crippen molar-refractivity contribution in [3.8, 4) is 5.75 Å². The van der Waals surface area contributed by atoms with Gasteiger partial charge in [-0.05, 0) is 17.7 Å². The van der Waals surface area contributed by atoms with Crippen molar-refractivity contribution in [2.75, 3.05) is 7.11 Å². The number of benzene rings is 1. The van der Waals surface area contributed by atoms with E-state index in [0.717, 1.165) is 22.6 Å². The van der Waals surface area contributed by atoms with Crippen molar-refractivity contribution in [1.29, 1.82) is 0 Å². The van der Waals surface area contributed by atoms with E-state index in [4.69, 9.17) is 4.74 Å². The number of hydrogen-bond acceptors (Lipinski definition) is 3. The van der Waals surface area contributed by atoms with Gasteiger partial charge in [-0.25, -0.2) is 0 Å². The van der Waals surface area contributed by atoms with Crippen molar-refractivity contribution >= 4 is 0 Å². The van der Waals surface area contributed by atoms with Gasteiger partial charge in [0, 0.05) is 24.2 Å². The molecule has 0 radical (unpaired) electrons. The second-order valence-electron chi connectivity index (χ2n) is 6.04. The first kappa shape index (κ1) is 14.6. The van der Waals surface area contributed by atoms with Crippen LogP contribution in [0.4, 0.5) is 0 Å². The normalized spacial score (nSPS) is 13.3. The van der Waals surface area contributed by atoms with Gasteiger partial charge in [-0.2, -0.15) is 5.10 Å². The molecule has 0 fully saturated rings. The number of nitrogens with zero attached hydrogens (tertiary/aromatic N) is 2. The van der Waals surface area contributed by atoms with Gasteiger partial charge in [0.05, 0.1) is 12.8 Å². The lowest BCUT2D eigenvalue weighted by molar-refractivity contribution is 0.217. The van der Waals surface area contributed by atoms with Crippen LogP contribution in [0.5, 0.6) is 5.75 Å². The molecule has 0 aliphatic heterocycles. The van der Waals surface area contributed by atoms with Crippen LogP contribution in [-0.2, 0) is 12.5 Å². The highest BCUT2D eigenvalue weighted by atomic mass is 16.5. The summed E-state index contributed by atoms with van der Waals surface area (Å²) >= 11 is 0. The number of aliphatic hydroxyl groups is 1. The van der Waals surface area contributed by atoms with E-state index < -0.39 is 6.10 Å². The summed E-state index contributed by atoms with van der Waals surface area (Å²) in [7, 11) is 3.49. The molecule has 1 aromatic heterocycles. The van der Waals surface area contributed by atoms with E-state index >= 15 is 0 Å². The Labute approximate surface area is 120 Å². The van der Waals surface area contributed by atoms with Gasteiger partial charge in [0.25, 0.3) is 0 Å². The van der Waals surface area contributed by atoms with Crippen LogP contribution in [-0.4, -0.2) is 22.0 Å². The third kappa shape index (κ3) is 2.85.